The zero-order valence-corrected chi connectivity index (χ0v) is 24.8. The number of Topliss-reactive ketones (excluding diaryl/α,β-unsaturated/α-hetero) is 1. The number of amides is 1. The molecule has 1 amide bonds. The predicted molar refractivity (Wildman–Crippen MR) is 163 cm³/mol. The molecule has 0 spiro atoms. The van der Waals surface area contributed by atoms with E-state index in [1.165, 1.54) is 0 Å². The van der Waals surface area contributed by atoms with Crippen LogP contribution in [0.4, 0.5) is 0 Å². The van der Waals surface area contributed by atoms with Crippen LogP contribution in [0.1, 0.15) is 54.2 Å². The topological polar surface area (TPSA) is 96.7 Å². The van der Waals surface area contributed by atoms with Gasteiger partial charge >= 0.3 is 0 Å². The molecule has 0 radical (unpaired) electrons. The molecule has 4 aromatic rings. The summed E-state index contributed by atoms with van der Waals surface area (Å²) in [5, 5.41) is 20.9. The number of carbonyl (C=O) groups is 2. The number of aliphatic hydroxyl groups is 1. The molecule has 1 aliphatic carbocycles. The zero-order valence-electron chi connectivity index (χ0n) is 24.1. The normalized spacial score (nSPS) is 17.6. The van der Waals surface area contributed by atoms with Gasteiger partial charge < -0.3 is 15.2 Å². The number of ketones is 1. The third-order valence-electron chi connectivity index (χ3n) is 8.44. The molecule has 2 heterocycles. The fraction of sp³-hybridized carbons (Fsp3) is 0.364. The van der Waals surface area contributed by atoms with Gasteiger partial charge in [-0.1, -0.05) is 54.1 Å². The van der Waals surface area contributed by atoms with E-state index in [1.54, 1.807) is 37.3 Å². The van der Waals surface area contributed by atoms with E-state index < -0.39 is 23.5 Å². The number of likely N-dealkylation sites (tertiary alicyclic amines) is 1. The first kappa shape index (κ1) is 28.4. The molecule has 1 saturated carbocycles. The fourth-order valence-electron chi connectivity index (χ4n) is 5.88. The van der Waals surface area contributed by atoms with E-state index >= 15 is 0 Å². The maximum Gasteiger partial charge on any atom is 0.292 e. The minimum absolute atomic E-state index is 0.193. The van der Waals surface area contributed by atoms with Crippen LogP contribution in [-0.2, 0) is 17.6 Å². The van der Waals surface area contributed by atoms with Crippen molar-refractivity contribution in [2.45, 2.75) is 57.4 Å². The second-order valence-corrected chi connectivity index (χ2v) is 11.8. The maximum atomic E-state index is 13.2. The molecular formula is C33H35ClN4O4. The number of nitrogens with zero attached hydrogens (tertiary/aromatic N) is 3. The van der Waals surface area contributed by atoms with Crippen molar-refractivity contribution in [3.8, 4) is 16.9 Å². The molecule has 42 heavy (non-hydrogen) atoms. The van der Waals surface area contributed by atoms with Crippen molar-refractivity contribution in [1.29, 1.82) is 0 Å². The molecule has 0 unspecified atom stereocenters. The van der Waals surface area contributed by atoms with Crippen molar-refractivity contribution in [2.75, 3.05) is 13.1 Å². The molecule has 2 atom stereocenters. The summed E-state index contributed by atoms with van der Waals surface area (Å²) in [5.41, 5.74) is 3.18. The summed E-state index contributed by atoms with van der Waals surface area (Å²) in [6.07, 6.45) is 4.07. The average Bonchev–Trinajstić information content (AvgIpc) is 3.53. The number of aryl methyl sites for hydroxylation is 2. The van der Waals surface area contributed by atoms with Crippen LogP contribution in [0.25, 0.3) is 22.0 Å². The summed E-state index contributed by atoms with van der Waals surface area (Å²) in [6.45, 7) is 5.02. The Morgan fingerprint density at radius 3 is 2.40 bits per heavy atom. The molecule has 3 aromatic carbocycles. The van der Waals surface area contributed by atoms with Crippen LogP contribution in [0.15, 0.2) is 60.7 Å². The molecule has 9 heteroatoms. The number of fused-ring (bicyclic) bond motifs is 1. The van der Waals surface area contributed by atoms with E-state index in [4.69, 9.17) is 16.3 Å². The Balaban J connectivity index is 1.19. The number of ether oxygens (including phenoxy) is 1. The Kier molecular flexibility index (Phi) is 7.55. The second-order valence-electron chi connectivity index (χ2n) is 11.4. The van der Waals surface area contributed by atoms with E-state index in [0.29, 0.717) is 29.4 Å². The lowest BCUT2D eigenvalue weighted by Gasteiger charge is -2.42. The van der Waals surface area contributed by atoms with Crippen molar-refractivity contribution in [3.05, 3.63) is 82.5 Å². The predicted octanol–water partition coefficient (Wildman–Crippen LogP) is 5.37. The highest BCUT2D eigenvalue weighted by atomic mass is 35.5. The Morgan fingerprint density at radius 2 is 1.74 bits per heavy atom. The summed E-state index contributed by atoms with van der Waals surface area (Å²) >= 11 is 6.55. The van der Waals surface area contributed by atoms with Gasteiger partial charge in [0.15, 0.2) is 5.72 Å². The van der Waals surface area contributed by atoms with Crippen molar-refractivity contribution in [3.63, 3.8) is 0 Å². The van der Waals surface area contributed by atoms with Gasteiger partial charge in [0.05, 0.1) is 28.4 Å². The van der Waals surface area contributed by atoms with Crippen molar-refractivity contribution in [1.82, 2.24) is 20.0 Å². The second kappa shape index (κ2) is 11.2. The van der Waals surface area contributed by atoms with E-state index in [2.05, 4.69) is 16.5 Å². The molecule has 2 fully saturated rings. The minimum Gasteiger partial charge on any atom is -0.489 e. The van der Waals surface area contributed by atoms with Gasteiger partial charge in [-0.05, 0) is 68.9 Å². The largest absolute Gasteiger partial charge is 0.489 e. The summed E-state index contributed by atoms with van der Waals surface area (Å²) in [7, 11) is 1.92. The van der Waals surface area contributed by atoms with Crippen molar-refractivity contribution < 1.29 is 19.4 Å². The summed E-state index contributed by atoms with van der Waals surface area (Å²) < 4.78 is 7.72. The summed E-state index contributed by atoms with van der Waals surface area (Å²) in [4.78, 5) is 28.3. The third-order valence-corrected chi connectivity index (χ3v) is 8.73. The molecule has 218 valence electrons. The third kappa shape index (κ3) is 5.30. The first-order valence-electron chi connectivity index (χ1n) is 14.5. The molecule has 1 aromatic heterocycles. The lowest BCUT2D eigenvalue weighted by Crippen LogP contribution is -2.59. The molecule has 1 aliphatic heterocycles. The zero-order chi connectivity index (χ0) is 29.6. The first-order valence-corrected chi connectivity index (χ1v) is 14.9. The SMILES string of the molecule is Cc1nn(C)c2cc(-c3ccc(C(=O)C(=O)N[C@H](C)[C@](O)(c4ccc(OC5CC5)c(Cl)c4)N4CCCC4)cc3)ccc12. The number of hydrogen-bond donors (Lipinski definition) is 2. The standard InChI is InChI=1S/C33H35ClN4O4/c1-20-27-14-10-24(18-29(27)37(3)36-20)22-6-8-23(9-7-22)31(39)32(40)35-21(2)33(41,38-16-4-5-17-38)25-11-15-30(28(34)19-25)42-26-12-13-26/h6-11,14-15,18-19,21,26,41H,4-5,12-13,16-17H2,1-3H3,(H,35,40)/t21-,33+/m1/s1. The van der Waals surface area contributed by atoms with Gasteiger partial charge in [0.25, 0.3) is 5.91 Å². The lowest BCUT2D eigenvalue weighted by atomic mass is 9.93. The van der Waals surface area contributed by atoms with Gasteiger partial charge in [0.1, 0.15) is 5.75 Å². The highest BCUT2D eigenvalue weighted by Gasteiger charge is 2.44. The van der Waals surface area contributed by atoms with Crippen LogP contribution in [0.3, 0.4) is 0 Å². The Labute approximate surface area is 250 Å². The molecule has 6 rings (SSSR count). The molecule has 8 nitrogen and oxygen atoms in total. The number of hydrogen-bond acceptors (Lipinski definition) is 6. The van der Waals surface area contributed by atoms with Crippen molar-refractivity contribution in [2.24, 2.45) is 7.05 Å². The number of aromatic nitrogens is 2. The monoisotopic (exact) mass is 586 g/mol. The van der Waals surface area contributed by atoms with Crippen LogP contribution in [0, 0.1) is 6.92 Å². The smallest absolute Gasteiger partial charge is 0.292 e. The van der Waals surface area contributed by atoms with E-state index in [0.717, 1.165) is 53.4 Å². The fourth-order valence-corrected chi connectivity index (χ4v) is 6.11. The van der Waals surface area contributed by atoms with Crippen LogP contribution in [0.2, 0.25) is 5.02 Å². The van der Waals surface area contributed by atoms with Gasteiger partial charge in [0, 0.05) is 36.7 Å². The molecule has 2 N–H and O–H groups in total. The van der Waals surface area contributed by atoms with Crippen LogP contribution in [-0.4, -0.2) is 56.7 Å². The Morgan fingerprint density at radius 1 is 1.05 bits per heavy atom. The van der Waals surface area contributed by atoms with Crippen molar-refractivity contribution >= 4 is 34.2 Å². The highest BCUT2D eigenvalue weighted by molar-refractivity contribution is 6.42. The van der Waals surface area contributed by atoms with Gasteiger partial charge in [0.2, 0.25) is 5.78 Å². The Bertz CT molecular complexity index is 1660. The lowest BCUT2D eigenvalue weighted by molar-refractivity contribution is -0.139. The minimum atomic E-state index is -1.55. The van der Waals surface area contributed by atoms with E-state index in [1.807, 2.05) is 47.8 Å². The quantitative estimate of drug-likeness (QED) is 0.202. The summed E-state index contributed by atoms with van der Waals surface area (Å²) in [6, 6.07) is 17.6. The number of halogens is 1. The van der Waals surface area contributed by atoms with E-state index in [-0.39, 0.29) is 11.7 Å². The first-order chi connectivity index (χ1) is 20.1. The number of nitrogens with one attached hydrogen (secondary N) is 1. The van der Waals surface area contributed by atoms with Crippen LogP contribution in [0.5, 0.6) is 5.75 Å². The molecular weight excluding hydrogens is 552 g/mol. The summed E-state index contributed by atoms with van der Waals surface area (Å²) in [5.74, 6) is -0.863. The average molecular weight is 587 g/mol. The highest BCUT2D eigenvalue weighted by Crippen LogP contribution is 2.38. The van der Waals surface area contributed by atoms with E-state index in [9.17, 15) is 14.7 Å². The van der Waals surface area contributed by atoms with Gasteiger partial charge in [-0.3, -0.25) is 19.2 Å². The van der Waals surface area contributed by atoms with Gasteiger partial charge in [-0.2, -0.15) is 5.10 Å². The van der Waals surface area contributed by atoms with Crippen LogP contribution >= 0.6 is 11.6 Å². The molecule has 1 saturated heterocycles. The number of benzene rings is 3. The molecule has 0 bridgehead atoms. The maximum absolute atomic E-state index is 13.2. The Hall–Kier alpha value is -3.72. The number of carbonyl (C=O) groups excluding carboxylic acids is 2. The molecule has 2 aliphatic rings. The van der Waals surface area contributed by atoms with Gasteiger partial charge in [-0.25, -0.2) is 0 Å². The van der Waals surface area contributed by atoms with Crippen LogP contribution < -0.4 is 10.1 Å². The number of rotatable bonds is 9. The van der Waals surface area contributed by atoms with Gasteiger partial charge in [-0.15, -0.1) is 0 Å².